The molecule has 0 amide bonds. The van der Waals surface area contributed by atoms with Crippen molar-refractivity contribution < 1.29 is 9.90 Å². The van der Waals surface area contributed by atoms with E-state index in [4.69, 9.17) is 5.11 Å². The zero-order valence-corrected chi connectivity index (χ0v) is 8.60. The Bertz CT molecular complexity index is 292. The number of carbonyl (C=O) groups is 1. The second kappa shape index (κ2) is 4.80. The molecule has 0 spiro atoms. The highest BCUT2D eigenvalue weighted by molar-refractivity contribution is 5.69. The van der Waals surface area contributed by atoms with E-state index < -0.39 is 5.97 Å². The fourth-order valence-electron chi connectivity index (χ4n) is 1.41. The Morgan fingerprint density at radius 2 is 1.86 bits per heavy atom. The molecule has 0 aliphatic rings. The fraction of sp³-hybridized carbons (Fsp3) is 0.417. The summed E-state index contributed by atoms with van der Waals surface area (Å²) in [6, 6.07) is 9.99. The number of carboxylic acids is 1. The molecule has 14 heavy (non-hydrogen) atoms. The van der Waals surface area contributed by atoms with Gasteiger partial charge < -0.3 is 5.11 Å². The van der Waals surface area contributed by atoms with Crippen LogP contribution in [0.4, 0.5) is 0 Å². The smallest absolute Gasteiger partial charge is 0.306 e. The van der Waals surface area contributed by atoms with Gasteiger partial charge in [0.2, 0.25) is 0 Å². The molecule has 0 heterocycles. The van der Waals surface area contributed by atoms with Gasteiger partial charge in [-0.3, -0.25) is 4.79 Å². The molecule has 1 N–H and O–H groups in total. The molecule has 1 aromatic rings. The Kier molecular flexibility index (Phi) is 3.69. The number of benzene rings is 1. The van der Waals surface area contributed by atoms with Gasteiger partial charge in [-0.1, -0.05) is 44.2 Å². The lowest BCUT2D eigenvalue weighted by molar-refractivity contribution is -0.142. The molecule has 0 saturated carbocycles. The second-order valence-electron chi connectivity index (χ2n) is 3.79. The predicted octanol–water partition coefficient (Wildman–Crippen LogP) is 2.59. The topological polar surface area (TPSA) is 37.3 Å². The maximum Gasteiger partial charge on any atom is 0.306 e. The minimum absolute atomic E-state index is 0.176. The van der Waals surface area contributed by atoms with Gasteiger partial charge in [-0.25, -0.2) is 0 Å². The Hall–Kier alpha value is -1.31. The molecule has 1 rings (SSSR count). The van der Waals surface area contributed by atoms with E-state index in [-0.39, 0.29) is 11.8 Å². The summed E-state index contributed by atoms with van der Waals surface area (Å²) in [5.74, 6) is -0.821. The predicted molar refractivity (Wildman–Crippen MR) is 56.1 cm³/mol. The van der Waals surface area contributed by atoms with Gasteiger partial charge in [-0.2, -0.15) is 0 Å². The number of carboxylic acid groups (broad SMARTS) is 1. The summed E-state index contributed by atoms with van der Waals surface area (Å²) in [5, 5.41) is 8.83. The maximum absolute atomic E-state index is 10.7. The van der Waals surface area contributed by atoms with E-state index in [1.807, 2.05) is 37.3 Å². The third-order valence-electron chi connectivity index (χ3n) is 2.64. The van der Waals surface area contributed by atoms with Crippen LogP contribution in [0.15, 0.2) is 30.3 Å². The van der Waals surface area contributed by atoms with Crippen molar-refractivity contribution in [2.45, 2.75) is 20.3 Å². The minimum atomic E-state index is -0.714. The summed E-state index contributed by atoms with van der Waals surface area (Å²) >= 11 is 0. The summed E-state index contributed by atoms with van der Waals surface area (Å²) in [7, 11) is 0. The van der Waals surface area contributed by atoms with Crippen LogP contribution in [-0.2, 0) is 11.2 Å². The first kappa shape index (κ1) is 10.8. The van der Waals surface area contributed by atoms with Crippen LogP contribution in [-0.4, -0.2) is 11.1 Å². The first-order valence-corrected chi connectivity index (χ1v) is 4.88. The van der Waals surface area contributed by atoms with Crippen molar-refractivity contribution >= 4 is 5.97 Å². The van der Waals surface area contributed by atoms with Crippen LogP contribution in [0.3, 0.4) is 0 Å². The van der Waals surface area contributed by atoms with Crippen LogP contribution in [0.2, 0.25) is 0 Å². The van der Waals surface area contributed by atoms with Crippen LogP contribution in [0.5, 0.6) is 0 Å². The minimum Gasteiger partial charge on any atom is -0.481 e. The van der Waals surface area contributed by atoms with E-state index in [1.54, 1.807) is 6.92 Å². The third kappa shape index (κ3) is 2.87. The average Bonchev–Trinajstić information content (AvgIpc) is 2.18. The molecule has 0 aromatic heterocycles. The van der Waals surface area contributed by atoms with Crippen LogP contribution < -0.4 is 0 Å². The Morgan fingerprint density at radius 1 is 1.29 bits per heavy atom. The van der Waals surface area contributed by atoms with Crippen molar-refractivity contribution in [3.63, 3.8) is 0 Å². The molecule has 0 aliphatic carbocycles. The highest BCUT2D eigenvalue weighted by Gasteiger charge is 2.19. The summed E-state index contributed by atoms with van der Waals surface area (Å²) in [6.45, 7) is 3.74. The van der Waals surface area contributed by atoms with Gasteiger partial charge in [0, 0.05) is 0 Å². The van der Waals surface area contributed by atoms with E-state index in [1.165, 1.54) is 5.56 Å². The third-order valence-corrected chi connectivity index (χ3v) is 2.64. The molecular formula is C12H16O2. The van der Waals surface area contributed by atoms with E-state index in [9.17, 15) is 4.79 Å². The molecule has 0 radical (unpaired) electrons. The van der Waals surface area contributed by atoms with Gasteiger partial charge in [0.05, 0.1) is 5.92 Å². The molecular weight excluding hydrogens is 176 g/mol. The monoisotopic (exact) mass is 192 g/mol. The number of aliphatic carboxylic acids is 1. The van der Waals surface area contributed by atoms with Gasteiger partial charge in [-0.15, -0.1) is 0 Å². The van der Waals surface area contributed by atoms with Crippen molar-refractivity contribution in [2.24, 2.45) is 11.8 Å². The first-order valence-electron chi connectivity index (χ1n) is 4.88. The van der Waals surface area contributed by atoms with E-state index in [0.717, 1.165) is 6.42 Å². The summed E-state index contributed by atoms with van der Waals surface area (Å²) in [4.78, 5) is 10.7. The molecule has 2 atom stereocenters. The molecule has 0 fully saturated rings. The summed E-state index contributed by atoms with van der Waals surface area (Å²) in [6.07, 6.45) is 0.828. The Morgan fingerprint density at radius 3 is 2.36 bits per heavy atom. The highest BCUT2D eigenvalue weighted by atomic mass is 16.4. The number of hydrogen-bond acceptors (Lipinski definition) is 1. The molecule has 2 heteroatoms. The van der Waals surface area contributed by atoms with Crippen molar-refractivity contribution in [1.82, 2.24) is 0 Å². The molecule has 1 aromatic carbocycles. The lowest BCUT2D eigenvalue weighted by atomic mass is 9.90. The van der Waals surface area contributed by atoms with E-state index >= 15 is 0 Å². The quantitative estimate of drug-likeness (QED) is 0.796. The maximum atomic E-state index is 10.7. The highest BCUT2D eigenvalue weighted by Crippen LogP contribution is 2.16. The molecule has 0 bridgehead atoms. The fourth-order valence-corrected chi connectivity index (χ4v) is 1.41. The SMILES string of the molecule is C[C@H](Cc1ccccc1)[C@@H](C)C(=O)O. The summed E-state index contributed by atoms with van der Waals surface area (Å²) < 4.78 is 0. The Balaban J connectivity index is 2.57. The summed E-state index contributed by atoms with van der Waals surface area (Å²) in [5.41, 5.74) is 1.20. The van der Waals surface area contributed by atoms with Crippen molar-refractivity contribution in [3.8, 4) is 0 Å². The average molecular weight is 192 g/mol. The normalized spacial score (nSPS) is 14.7. The van der Waals surface area contributed by atoms with Gasteiger partial charge in [0.15, 0.2) is 0 Å². The van der Waals surface area contributed by atoms with Crippen molar-refractivity contribution in [3.05, 3.63) is 35.9 Å². The molecule has 76 valence electrons. The molecule has 2 nitrogen and oxygen atoms in total. The molecule has 0 aliphatic heterocycles. The van der Waals surface area contributed by atoms with Crippen molar-refractivity contribution in [1.29, 1.82) is 0 Å². The van der Waals surface area contributed by atoms with Gasteiger partial charge >= 0.3 is 5.97 Å². The number of hydrogen-bond donors (Lipinski definition) is 1. The first-order chi connectivity index (χ1) is 6.61. The standard InChI is InChI=1S/C12H16O2/c1-9(10(2)12(13)14)8-11-6-4-3-5-7-11/h3-7,9-10H,8H2,1-2H3,(H,13,14)/t9-,10-/m1/s1. The lowest BCUT2D eigenvalue weighted by Crippen LogP contribution is -2.19. The van der Waals surface area contributed by atoms with Gasteiger partial charge in [-0.05, 0) is 17.9 Å². The Labute approximate surface area is 84.6 Å². The van der Waals surface area contributed by atoms with Gasteiger partial charge in [0.25, 0.3) is 0 Å². The number of rotatable bonds is 4. The second-order valence-corrected chi connectivity index (χ2v) is 3.79. The van der Waals surface area contributed by atoms with Crippen LogP contribution >= 0.6 is 0 Å². The zero-order chi connectivity index (χ0) is 10.6. The van der Waals surface area contributed by atoms with Crippen LogP contribution in [0.25, 0.3) is 0 Å². The lowest BCUT2D eigenvalue weighted by Gasteiger charge is -2.15. The van der Waals surface area contributed by atoms with Crippen LogP contribution in [0.1, 0.15) is 19.4 Å². The van der Waals surface area contributed by atoms with Gasteiger partial charge in [0.1, 0.15) is 0 Å². The zero-order valence-electron chi connectivity index (χ0n) is 8.60. The largest absolute Gasteiger partial charge is 0.481 e. The van der Waals surface area contributed by atoms with E-state index in [0.29, 0.717) is 0 Å². The van der Waals surface area contributed by atoms with Crippen LogP contribution in [0, 0.1) is 11.8 Å². The molecule has 0 saturated heterocycles. The van der Waals surface area contributed by atoms with Crippen molar-refractivity contribution in [2.75, 3.05) is 0 Å². The van der Waals surface area contributed by atoms with E-state index in [2.05, 4.69) is 0 Å². The molecule has 0 unspecified atom stereocenters.